The molecule has 0 aliphatic rings. The van der Waals surface area contributed by atoms with Gasteiger partial charge < -0.3 is 19.5 Å². The average molecular weight is 475 g/mol. The molecule has 0 spiro atoms. The number of anilines is 1. The van der Waals surface area contributed by atoms with Crippen molar-refractivity contribution in [3.05, 3.63) is 76.9 Å². The summed E-state index contributed by atoms with van der Waals surface area (Å²) in [5.74, 6) is -1.08. The molecule has 1 heterocycles. The zero-order chi connectivity index (χ0) is 25.1. The summed E-state index contributed by atoms with van der Waals surface area (Å²) in [6.07, 6.45) is 0. The number of aromatic nitrogens is 3. The van der Waals surface area contributed by atoms with Crippen LogP contribution < -0.4 is 4.90 Å². The number of methoxy groups -OCH3 is 2. The molecule has 9 nitrogen and oxygen atoms in total. The topological polar surface area (TPSA) is 107 Å². The lowest BCUT2D eigenvalue weighted by Gasteiger charge is -2.25. The van der Waals surface area contributed by atoms with E-state index in [9.17, 15) is 14.7 Å². The molecule has 1 N–H and O–H groups in total. The summed E-state index contributed by atoms with van der Waals surface area (Å²) < 4.78 is 9.70. The van der Waals surface area contributed by atoms with Gasteiger partial charge in [0.1, 0.15) is 22.5 Å². The molecule has 0 fully saturated rings. The first-order chi connectivity index (χ1) is 16.8. The Kier molecular flexibility index (Phi) is 6.68. The fraction of sp³-hybridized carbons (Fsp3) is 0.231. The van der Waals surface area contributed by atoms with E-state index in [0.717, 1.165) is 16.6 Å². The summed E-state index contributed by atoms with van der Waals surface area (Å²) >= 11 is 0. The maximum Gasteiger partial charge on any atom is 0.337 e. The van der Waals surface area contributed by atoms with Crippen molar-refractivity contribution in [1.82, 2.24) is 15.0 Å². The molecule has 0 saturated carbocycles. The van der Waals surface area contributed by atoms with Gasteiger partial charge in [-0.2, -0.15) is 0 Å². The van der Waals surface area contributed by atoms with Gasteiger partial charge in [-0.1, -0.05) is 18.2 Å². The normalized spacial score (nSPS) is 10.9. The van der Waals surface area contributed by atoms with Crippen LogP contribution >= 0.6 is 0 Å². The molecular formula is C26H26N4O5. The minimum Gasteiger partial charge on any atom is -0.505 e. The van der Waals surface area contributed by atoms with Gasteiger partial charge in [-0.05, 0) is 55.8 Å². The van der Waals surface area contributed by atoms with Crippen LogP contribution in [-0.4, -0.2) is 52.8 Å². The number of ether oxygens (including phenoxy) is 2. The van der Waals surface area contributed by atoms with Gasteiger partial charge in [-0.3, -0.25) is 0 Å². The Morgan fingerprint density at radius 3 is 2.03 bits per heavy atom. The lowest BCUT2D eigenvalue weighted by molar-refractivity contribution is 0.0599. The van der Waals surface area contributed by atoms with Crippen LogP contribution in [0.3, 0.4) is 0 Å². The highest BCUT2D eigenvalue weighted by molar-refractivity contribution is 5.97. The van der Waals surface area contributed by atoms with E-state index in [-0.39, 0.29) is 16.9 Å². The zero-order valence-corrected chi connectivity index (χ0v) is 20.0. The molecule has 0 atom stereocenters. The largest absolute Gasteiger partial charge is 0.505 e. The molecule has 3 aromatic carbocycles. The molecule has 0 saturated heterocycles. The molecule has 4 aromatic rings. The van der Waals surface area contributed by atoms with Gasteiger partial charge in [0.05, 0.1) is 25.3 Å². The van der Waals surface area contributed by atoms with Gasteiger partial charge in [-0.25, -0.2) is 9.59 Å². The van der Waals surface area contributed by atoms with Crippen molar-refractivity contribution in [2.24, 2.45) is 0 Å². The third-order valence-electron chi connectivity index (χ3n) is 5.68. The monoisotopic (exact) mass is 474 g/mol. The molecule has 9 heteroatoms. The highest BCUT2D eigenvalue weighted by Crippen LogP contribution is 2.31. The number of aromatic hydroxyl groups is 1. The minimum absolute atomic E-state index is 0.0478. The van der Waals surface area contributed by atoms with Crippen molar-refractivity contribution in [2.45, 2.75) is 20.4 Å². The van der Waals surface area contributed by atoms with Gasteiger partial charge in [0.2, 0.25) is 0 Å². The van der Waals surface area contributed by atoms with Crippen molar-refractivity contribution in [3.63, 3.8) is 0 Å². The Hall–Kier alpha value is -4.40. The number of phenolic OH excluding ortho intramolecular Hbond substituents is 1. The van der Waals surface area contributed by atoms with Crippen molar-refractivity contribution < 1.29 is 24.2 Å². The predicted octanol–water partition coefficient (Wildman–Crippen LogP) is 4.03. The third-order valence-corrected chi connectivity index (χ3v) is 5.68. The van der Waals surface area contributed by atoms with Crippen molar-refractivity contribution in [2.75, 3.05) is 25.7 Å². The molecule has 0 unspecified atom stereocenters. The van der Waals surface area contributed by atoms with E-state index >= 15 is 0 Å². The van der Waals surface area contributed by atoms with E-state index in [1.165, 1.54) is 25.1 Å². The number of carbonyl (C=O) groups is 2. The second kappa shape index (κ2) is 9.84. The number of fused-ring (bicyclic) bond motifs is 1. The van der Waals surface area contributed by atoms with Crippen LogP contribution in [-0.2, 0) is 16.0 Å². The van der Waals surface area contributed by atoms with E-state index in [1.807, 2.05) is 55.1 Å². The first-order valence-corrected chi connectivity index (χ1v) is 11.1. The number of hydrogen-bond donors (Lipinski definition) is 1. The van der Waals surface area contributed by atoms with E-state index in [4.69, 9.17) is 9.47 Å². The fourth-order valence-electron chi connectivity index (χ4n) is 3.93. The molecular weight excluding hydrogens is 448 g/mol. The second-order valence-electron chi connectivity index (χ2n) is 8.04. The number of rotatable bonds is 7. The number of phenols is 1. The maximum atomic E-state index is 12.2. The second-order valence-corrected chi connectivity index (χ2v) is 8.04. The summed E-state index contributed by atoms with van der Waals surface area (Å²) in [7, 11) is 2.56. The van der Waals surface area contributed by atoms with E-state index in [1.54, 1.807) is 12.1 Å². The number of carbonyl (C=O) groups excluding carboxylic acids is 2. The maximum absolute atomic E-state index is 12.2. The zero-order valence-electron chi connectivity index (χ0n) is 20.0. The molecule has 0 radical (unpaired) electrons. The number of esters is 2. The summed E-state index contributed by atoms with van der Waals surface area (Å²) in [4.78, 5) is 27.8. The average Bonchev–Trinajstić information content (AvgIpc) is 3.31. The lowest BCUT2D eigenvalue weighted by atomic mass is 10.1. The highest BCUT2D eigenvalue weighted by atomic mass is 16.5. The molecule has 1 aromatic heterocycles. The molecule has 35 heavy (non-hydrogen) atoms. The molecule has 0 amide bonds. The van der Waals surface area contributed by atoms with Crippen molar-refractivity contribution >= 4 is 28.7 Å². The van der Waals surface area contributed by atoms with Crippen LogP contribution in [0.2, 0.25) is 0 Å². The van der Waals surface area contributed by atoms with Crippen molar-refractivity contribution in [3.8, 4) is 11.4 Å². The Morgan fingerprint density at radius 1 is 0.943 bits per heavy atom. The quantitative estimate of drug-likeness (QED) is 0.400. The third kappa shape index (κ3) is 4.79. The Balaban J connectivity index is 1.75. The molecule has 4 rings (SSSR count). The first-order valence-electron chi connectivity index (χ1n) is 11.1. The predicted molar refractivity (Wildman–Crippen MR) is 131 cm³/mol. The minimum atomic E-state index is -0.564. The number of aryl methyl sites for hydroxylation is 1. The summed E-state index contributed by atoms with van der Waals surface area (Å²) in [6.45, 7) is 4.72. The molecule has 0 aliphatic carbocycles. The molecule has 0 aliphatic heterocycles. The van der Waals surface area contributed by atoms with Gasteiger partial charge in [0, 0.05) is 24.3 Å². The van der Waals surface area contributed by atoms with Gasteiger partial charge in [-0.15, -0.1) is 15.0 Å². The van der Waals surface area contributed by atoms with E-state index in [2.05, 4.69) is 10.2 Å². The highest BCUT2D eigenvalue weighted by Gasteiger charge is 2.19. The number of nitrogens with zero attached hydrogens (tertiary/aromatic N) is 4. The Morgan fingerprint density at radius 2 is 1.51 bits per heavy atom. The number of hydrogen-bond acceptors (Lipinski definition) is 8. The van der Waals surface area contributed by atoms with Gasteiger partial charge in [0.25, 0.3) is 0 Å². The van der Waals surface area contributed by atoms with Gasteiger partial charge in [0.15, 0.2) is 0 Å². The SMILES string of the molecule is CCN(Cc1cc(C)cc(-n2nc3ccccc3n2)c1O)c1cc(C(=O)OC)cc(C(=O)OC)c1. The summed E-state index contributed by atoms with van der Waals surface area (Å²) in [5, 5.41) is 20.2. The van der Waals surface area contributed by atoms with Crippen LogP contribution in [0.5, 0.6) is 5.75 Å². The molecule has 0 bridgehead atoms. The van der Waals surface area contributed by atoms with Crippen LogP contribution in [0, 0.1) is 6.92 Å². The van der Waals surface area contributed by atoms with Crippen LogP contribution in [0.25, 0.3) is 16.7 Å². The lowest BCUT2D eigenvalue weighted by Crippen LogP contribution is -2.23. The summed E-state index contributed by atoms with van der Waals surface area (Å²) in [5.41, 5.74) is 4.54. The van der Waals surface area contributed by atoms with Crippen LogP contribution in [0.4, 0.5) is 5.69 Å². The Labute approximate surface area is 202 Å². The summed E-state index contributed by atoms with van der Waals surface area (Å²) in [6, 6.07) is 15.9. The van der Waals surface area contributed by atoms with E-state index in [0.29, 0.717) is 30.0 Å². The fourth-order valence-corrected chi connectivity index (χ4v) is 3.93. The molecule has 180 valence electrons. The number of benzene rings is 3. The van der Waals surface area contributed by atoms with Gasteiger partial charge >= 0.3 is 11.9 Å². The van der Waals surface area contributed by atoms with Crippen LogP contribution in [0.15, 0.2) is 54.6 Å². The first kappa shape index (κ1) is 23.7. The van der Waals surface area contributed by atoms with Crippen molar-refractivity contribution in [1.29, 1.82) is 0 Å². The van der Waals surface area contributed by atoms with Crippen LogP contribution in [0.1, 0.15) is 38.8 Å². The standard InChI is InChI=1S/C26H26N4O5/c1-5-29(20-13-17(25(32)34-3)12-18(14-20)26(33)35-4)15-19-10-16(2)11-23(24(19)31)30-27-21-8-6-7-9-22(21)28-30/h6-14,31H,5,15H2,1-4H3. The van der Waals surface area contributed by atoms with E-state index < -0.39 is 11.9 Å². The Bertz CT molecular complexity index is 1350. The smallest absolute Gasteiger partial charge is 0.337 e.